The van der Waals surface area contributed by atoms with Gasteiger partial charge in [0.05, 0.1) is 16.3 Å². The fourth-order valence-corrected chi connectivity index (χ4v) is 2.47. The summed E-state index contributed by atoms with van der Waals surface area (Å²) in [4.78, 5) is 12.4. The van der Waals surface area contributed by atoms with Gasteiger partial charge < -0.3 is 4.42 Å². The minimum absolute atomic E-state index is 0.00378. The topological polar surface area (TPSA) is 85.8 Å². The summed E-state index contributed by atoms with van der Waals surface area (Å²) in [5.74, 6) is -0.122. The van der Waals surface area contributed by atoms with Gasteiger partial charge in [-0.1, -0.05) is 28.8 Å². The molecule has 2 aromatic heterocycles. The molecule has 3 rings (SSSR count). The van der Waals surface area contributed by atoms with E-state index in [4.69, 9.17) is 16.0 Å². The Morgan fingerprint density at radius 1 is 1.29 bits per heavy atom. The summed E-state index contributed by atoms with van der Waals surface area (Å²) in [6.45, 7) is 5.73. The lowest BCUT2D eigenvalue weighted by molar-refractivity contribution is 0.101. The molecule has 8 heteroatoms. The van der Waals surface area contributed by atoms with E-state index in [2.05, 4.69) is 20.6 Å². The van der Waals surface area contributed by atoms with Crippen molar-refractivity contribution in [1.29, 1.82) is 0 Å². The minimum Gasteiger partial charge on any atom is -0.403 e. The van der Waals surface area contributed by atoms with Crippen molar-refractivity contribution >= 4 is 23.5 Å². The smallest absolute Gasteiger partial charge is 0.322 e. The highest BCUT2D eigenvalue weighted by Crippen LogP contribution is 2.27. The van der Waals surface area contributed by atoms with Gasteiger partial charge in [-0.05, 0) is 39.0 Å². The van der Waals surface area contributed by atoms with Gasteiger partial charge in [-0.15, -0.1) is 5.10 Å². The molecule has 0 saturated carbocycles. The number of amides is 1. The van der Waals surface area contributed by atoms with E-state index < -0.39 is 0 Å². The summed E-state index contributed by atoms with van der Waals surface area (Å²) in [5, 5.41) is 15.2. The Labute approximate surface area is 143 Å². The van der Waals surface area contributed by atoms with Gasteiger partial charge >= 0.3 is 6.01 Å². The van der Waals surface area contributed by atoms with E-state index >= 15 is 0 Å². The van der Waals surface area contributed by atoms with Crippen molar-refractivity contribution in [2.45, 2.75) is 26.8 Å². The van der Waals surface area contributed by atoms with Crippen molar-refractivity contribution in [1.82, 2.24) is 20.0 Å². The average Bonchev–Trinajstić information content (AvgIpc) is 3.14. The lowest BCUT2D eigenvalue weighted by Crippen LogP contribution is -2.19. The number of benzene rings is 1. The van der Waals surface area contributed by atoms with Gasteiger partial charge in [0.1, 0.15) is 5.69 Å². The molecule has 0 atom stereocenters. The van der Waals surface area contributed by atoms with Crippen LogP contribution in [0.3, 0.4) is 0 Å². The molecule has 0 saturated heterocycles. The zero-order valence-electron chi connectivity index (χ0n) is 13.4. The van der Waals surface area contributed by atoms with Gasteiger partial charge in [-0.2, -0.15) is 5.10 Å². The molecule has 2 heterocycles. The number of carbonyl (C=O) groups excluding carboxylic acids is 1. The van der Waals surface area contributed by atoms with Crippen molar-refractivity contribution in [3.8, 4) is 11.5 Å². The third-order valence-corrected chi connectivity index (χ3v) is 3.66. The number of nitrogens with one attached hydrogen (secondary N) is 1. The average molecular weight is 346 g/mol. The van der Waals surface area contributed by atoms with Crippen LogP contribution in [0, 0.1) is 6.92 Å². The second kappa shape index (κ2) is 6.45. The Hall–Kier alpha value is -2.67. The van der Waals surface area contributed by atoms with Crippen LogP contribution in [0.25, 0.3) is 11.5 Å². The van der Waals surface area contributed by atoms with E-state index in [0.717, 1.165) is 5.69 Å². The zero-order chi connectivity index (χ0) is 17.3. The van der Waals surface area contributed by atoms with E-state index in [9.17, 15) is 4.79 Å². The molecule has 1 amide bonds. The predicted octanol–water partition coefficient (Wildman–Crippen LogP) is 3.73. The second-order valence-corrected chi connectivity index (χ2v) is 5.96. The highest BCUT2D eigenvalue weighted by molar-refractivity contribution is 6.33. The first kappa shape index (κ1) is 16.2. The van der Waals surface area contributed by atoms with Crippen molar-refractivity contribution in [2.75, 3.05) is 5.32 Å². The molecule has 0 radical (unpaired) electrons. The van der Waals surface area contributed by atoms with Crippen LogP contribution in [-0.4, -0.2) is 25.9 Å². The Morgan fingerprint density at radius 3 is 2.75 bits per heavy atom. The Morgan fingerprint density at radius 2 is 2.04 bits per heavy atom. The normalized spacial score (nSPS) is 11.0. The largest absolute Gasteiger partial charge is 0.403 e. The molecular formula is C16H16ClN5O2. The number of aryl methyl sites for hydroxylation is 1. The SMILES string of the molecule is Cc1cc(C(=O)Nc2nnc(-c3ccccc3Cl)o2)n(C(C)C)n1. The van der Waals surface area contributed by atoms with Crippen LogP contribution in [0.15, 0.2) is 34.7 Å². The van der Waals surface area contributed by atoms with Crippen LogP contribution >= 0.6 is 11.6 Å². The standard InChI is InChI=1S/C16H16ClN5O2/c1-9(2)22-13(8-10(3)21-22)14(23)18-16-20-19-15(24-16)11-6-4-5-7-12(11)17/h4-9H,1-3H3,(H,18,20,23). The number of hydrogen-bond acceptors (Lipinski definition) is 5. The molecule has 0 bridgehead atoms. The molecule has 1 N–H and O–H groups in total. The highest BCUT2D eigenvalue weighted by atomic mass is 35.5. The van der Waals surface area contributed by atoms with Crippen LogP contribution in [-0.2, 0) is 0 Å². The molecule has 0 aliphatic carbocycles. The van der Waals surface area contributed by atoms with Crippen LogP contribution in [0.4, 0.5) is 6.01 Å². The van der Waals surface area contributed by atoms with Gasteiger partial charge in [0.15, 0.2) is 0 Å². The molecule has 0 aliphatic rings. The van der Waals surface area contributed by atoms with E-state index in [1.165, 1.54) is 0 Å². The number of nitrogens with zero attached hydrogens (tertiary/aromatic N) is 4. The third-order valence-electron chi connectivity index (χ3n) is 3.33. The van der Waals surface area contributed by atoms with Crippen LogP contribution in [0.1, 0.15) is 36.1 Å². The summed E-state index contributed by atoms with van der Waals surface area (Å²) >= 11 is 6.10. The van der Waals surface area contributed by atoms with Gasteiger partial charge in [-0.3, -0.25) is 14.8 Å². The molecule has 124 valence electrons. The number of rotatable bonds is 4. The Balaban J connectivity index is 1.83. The van der Waals surface area contributed by atoms with Crippen molar-refractivity contribution in [3.63, 3.8) is 0 Å². The summed E-state index contributed by atoms with van der Waals surface area (Å²) in [6.07, 6.45) is 0. The number of hydrogen-bond donors (Lipinski definition) is 1. The fourth-order valence-electron chi connectivity index (χ4n) is 2.26. The maximum Gasteiger partial charge on any atom is 0.322 e. The molecule has 1 aromatic carbocycles. The number of carbonyl (C=O) groups is 1. The van der Waals surface area contributed by atoms with Crippen molar-refractivity contribution < 1.29 is 9.21 Å². The maximum atomic E-state index is 12.4. The third kappa shape index (κ3) is 3.16. The van der Waals surface area contributed by atoms with Gasteiger partial charge in [0.25, 0.3) is 11.8 Å². The first-order valence-electron chi connectivity index (χ1n) is 7.41. The van der Waals surface area contributed by atoms with E-state index in [1.807, 2.05) is 26.8 Å². The summed E-state index contributed by atoms with van der Waals surface area (Å²) in [5.41, 5.74) is 1.80. The number of anilines is 1. The number of aromatic nitrogens is 4. The summed E-state index contributed by atoms with van der Waals surface area (Å²) < 4.78 is 7.13. The lowest BCUT2D eigenvalue weighted by Gasteiger charge is -2.09. The van der Waals surface area contributed by atoms with Gasteiger partial charge in [-0.25, -0.2) is 0 Å². The molecule has 0 fully saturated rings. The predicted molar refractivity (Wildman–Crippen MR) is 90.0 cm³/mol. The van der Waals surface area contributed by atoms with Crippen molar-refractivity contribution in [2.24, 2.45) is 0 Å². The maximum absolute atomic E-state index is 12.4. The van der Waals surface area contributed by atoms with Crippen LogP contribution in [0.2, 0.25) is 5.02 Å². The van der Waals surface area contributed by atoms with Gasteiger partial charge in [0, 0.05) is 6.04 Å². The van der Waals surface area contributed by atoms with Crippen LogP contribution < -0.4 is 5.32 Å². The summed E-state index contributed by atoms with van der Waals surface area (Å²) in [6, 6.07) is 8.88. The van der Waals surface area contributed by atoms with Crippen molar-refractivity contribution in [3.05, 3.63) is 46.7 Å². The Bertz CT molecular complexity index is 884. The van der Waals surface area contributed by atoms with Crippen LogP contribution in [0.5, 0.6) is 0 Å². The molecule has 0 unspecified atom stereocenters. The quantitative estimate of drug-likeness (QED) is 0.778. The molecule has 24 heavy (non-hydrogen) atoms. The molecule has 7 nitrogen and oxygen atoms in total. The molecule has 0 spiro atoms. The molecule has 0 aliphatic heterocycles. The molecule has 3 aromatic rings. The van der Waals surface area contributed by atoms with E-state index in [-0.39, 0.29) is 23.9 Å². The molecular weight excluding hydrogens is 330 g/mol. The highest BCUT2D eigenvalue weighted by Gasteiger charge is 2.19. The minimum atomic E-state index is -0.362. The summed E-state index contributed by atoms with van der Waals surface area (Å²) in [7, 11) is 0. The lowest BCUT2D eigenvalue weighted by atomic mass is 10.2. The fraction of sp³-hybridized carbons (Fsp3) is 0.250. The zero-order valence-corrected chi connectivity index (χ0v) is 14.2. The van der Waals surface area contributed by atoms with E-state index in [1.54, 1.807) is 28.9 Å². The Kier molecular flexibility index (Phi) is 4.35. The first-order valence-corrected chi connectivity index (χ1v) is 7.79. The first-order chi connectivity index (χ1) is 11.5. The second-order valence-electron chi connectivity index (χ2n) is 5.56. The van der Waals surface area contributed by atoms with Gasteiger partial charge in [0.2, 0.25) is 0 Å². The monoisotopic (exact) mass is 345 g/mol. The van der Waals surface area contributed by atoms with E-state index in [0.29, 0.717) is 16.3 Å². The number of halogens is 1.